The van der Waals surface area contributed by atoms with E-state index >= 15 is 0 Å². The molecule has 26 heteroatoms. The fourth-order valence-electron chi connectivity index (χ4n) is 6.75. The molecule has 2 aliphatic heterocycles. The number of alkyl halides is 6. The topological polar surface area (TPSA) is 216 Å². The van der Waals surface area contributed by atoms with Crippen LogP contribution in [0.5, 0.6) is 5.88 Å². The molecule has 3 saturated carbocycles. The first-order valence-electron chi connectivity index (χ1n) is 21.0. The number of β-amino-alcohol motifs (C(OH)–C–C–N with tert-alkyl or cyclic N) is 1. The molecule has 3 aromatic rings. The zero-order valence-electron chi connectivity index (χ0n) is 36.2. The standard InChI is InChI=1S/C15H20F2N4O3.C10H12ClF2N3.C6H11F2N.C5H9NO3.C4H2Cl2N2/c1-23-14(22)21-7-11(8-21)24-13-6-12(18-9-19-13)20-10-2-4-15(16,17)5-3-10;11-8-5-9(15-6-14-8)16-7-1-3-10(12,13)4-2-7;7-6(8)3-1-5(9)2-4-6;1-9-5(8)6-2-4(7)3-6;5-3-1-4(6)8-2-7-3/h6,9-11H,2-5,7-8H2,1H3,(H,18,19,20);5-7H,1-4H2,(H,14,15,16);5H,1-4,9H2;4,7H,2-3H2,1H3;1-2H. The van der Waals surface area contributed by atoms with Gasteiger partial charge in [-0.05, 0) is 38.5 Å². The Morgan fingerprint density at radius 2 is 1.00 bits per heavy atom. The van der Waals surface area contributed by atoms with Crippen LogP contribution in [0.25, 0.3) is 0 Å². The lowest BCUT2D eigenvalue weighted by Gasteiger charge is -2.37. The molecule has 3 aliphatic carbocycles. The Balaban J connectivity index is 0.000000195. The maximum absolute atomic E-state index is 13.2. The van der Waals surface area contributed by atoms with Gasteiger partial charge in [0.15, 0.2) is 0 Å². The molecule has 0 atom stereocenters. The largest absolute Gasteiger partial charge is 0.470 e. The highest BCUT2D eigenvalue weighted by atomic mass is 35.5. The van der Waals surface area contributed by atoms with Gasteiger partial charge in [-0.15, -0.1) is 0 Å². The van der Waals surface area contributed by atoms with Crippen molar-refractivity contribution in [3.05, 3.63) is 52.6 Å². The second-order valence-corrected chi connectivity index (χ2v) is 17.2. The van der Waals surface area contributed by atoms with Gasteiger partial charge < -0.3 is 45.5 Å². The van der Waals surface area contributed by atoms with Crippen LogP contribution in [0.2, 0.25) is 15.5 Å². The predicted octanol–water partition coefficient (Wildman–Crippen LogP) is 8.15. The highest BCUT2D eigenvalue weighted by Crippen LogP contribution is 2.36. The van der Waals surface area contributed by atoms with E-state index in [0.29, 0.717) is 97.7 Å². The van der Waals surface area contributed by atoms with Crippen molar-refractivity contribution in [2.45, 2.75) is 125 Å². The minimum absolute atomic E-state index is 0.0182. The monoisotopic (exact) mass is 1000 g/mol. The summed E-state index contributed by atoms with van der Waals surface area (Å²) >= 11 is 16.5. The Morgan fingerprint density at radius 3 is 1.38 bits per heavy atom. The van der Waals surface area contributed by atoms with Gasteiger partial charge in [0.25, 0.3) is 0 Å². The first kappa shape index (κ1) is 54.2. The predicted molar refractivity (Wildman–Crippen MR) is 233 cm³/mol. The van der Waals surface area contributed by atoms with E-state index in [0.717, 1.165) is 0 Å². The van der Waals surface area contributed by atoms with Crippen LogP contribution in [0, 0.1) is 0 Å². The summed E-state index contributed by atoms with van der Waals surface area (Å²) in [6.07, 6.45) is 5.10. The van der Waals surface area contributed by atoms with Crippen molar-refractivity contribution in [1.29, 1.82) is 0 Å². The normalized spacial score (nSPS) is 20.3. The molecule has 8 rings (SSSR count). The molecule has 5 aliphatic rings. The summed E-state index contributed by atoms with van der Waals surface area (Å²) in [7, 11) is 2.66. The average molecular weight is 1010 g/mol. The Kier molecular flexibility index (Phi) is 21.0. The van der Waals surface area contributed by atoms with Crippen LogP contribution in [-0.4, -0.2) is 145 Å². The molecule has 0 radical (unpaired) electrons. The van der Waals surface area contributed by atoms with Gasteiger partial charge in [0, 0.05) is 74.8 Å². The number of halogens is 9. The van der Waals surface area contributed by atoms with Crippen molar-refractivity contribution in [3.63, 3.8) is 0 Å². The summed E-state index contributed by atoms with van der Waals surface area (Å²) in [5, 5.41) is 16.0. The van der Waals surface area contributed by atoms with Gasteiger partial charge in [0.2, 0.25) is 23.6 Å². The molecule has 5 heterocycles. The molecule has 5 N–H and O–H groups in total. The molecule has 3 aromatic heterocycles. The summed E-state index contributed by atoms with van der Waals surface area (Å²) in [6.45, 7) is 1.70. The van der Waals surface area contributed by atoms with Crippen molar-refractivity contribution >= 4 is 58.6 Å². The molecule has 0 unspecified atom stereocenters. The van der Waals surface area contributed by atoms with Crippen LogP contribution in [0.1, 0.15) is 77.0 Å². The lowest BCUT2D eigenvalue weighted by Crippen LogP contribution is -2.56. The fraction of sp³-hybridized carbons (Fsp3) is 0.650. The van der Waals surface area contributed by atoms with Crippen molar-refractivity contribution < 1.29 is 55.2 Å². The second-order valence-electron chi connectivity index (χ2n) is 16.0. The van der Waals surface area contributed by atoms with Crippen LogP contribution in [-0.2, 0) is 9.47 Å². The van der Waals surface area contributed by atoms with Crippen LogP contribution < -0.4 is 21.1 Å². The van der Waals surface area contributed by atoms with Gasteiger partial charge in [-0.3, -0.25) is 0 Å². The summed E-state index contributed by atoms with van der Waals surface area (Å²) in [6, 6.07) is 4.76. The molecule has 2 saturated heterocycles. The number of nitrogens with two attached hydrogens (primary N) is 1. The maximum atomic E-state index is 13.2. The molecule has 368 valence electrons. The third-order valence-electron chi connectivity index (χ3n) is 10.6. The van der Waals surface area contributed by atoms with E-state index in [9.17, 15) is 35.9 Å². The van der Waals surface area contributed by atoms with Crippen LogP contribution in [0.3, 0.4) is 0 Å². The zero-order chi connectivity index (χ0) is 48.5. The van der Waals surface area contributed by atoms with Gasteiger partial charge in [0.05, 0.1) is 46.5 Å². The first-order valence-corrected chi connectivity index (χ1v) is 22.1. The quantitative estimate of drug-likeness (QED) is 0.135. The SMILES string of the molecule is COC(=O)N1CC(O)C1.COC(=O)N1CC(Oc2cc(NC3CCC(F)(F)CC3)ncn2)C1.Clc1cc(Cl)ncn1.FC1(F)CCC(Nc2cc(Cl)ncn2)CC1.NC1CCC(F)(F)CC1. The molecular weight excluding hydrogens is 951 g/mol. The number of ether oxygens (including phenoxy) is 3. The number of nitrogens with zero attached hydrogens (tertiary/aromatic N) is 8. The number of hydrogen-bond donors (Lipinski definition) is 4. The molecule has 0 spiro atoms. The van der Waals surface area contributed by atoms with Gasteiger partial charge in [-0.1, -0.05) is 34.8 Å². The number of aliphatic hydroxyl groups excluding tert-OH is 1. The smallest absolute Gasteiger partial charge is 0.409 e. The van der Waals surface area contributed by atoms with Crippen molar-refractivity contribution in [2.75, 3.05) is 51.0 Å². The highest BCUT2D eigenvalue weighted by Gasteiger charge is 2.37. The fourth-order valence-corrected chi connectivity index (χ4v) is 7.25. The van der Waals surface area contributed by atoms with E-state index in [2.05, 4.69) is 50.0 Å². The third-order valence-corrected chi connectivity index (χ3v) is 11.3. The van der Waals surface area contributed by atoms with Gasteiger partial charge in [0.1, 0.15) is 52.2 Å². The highest BCUT2D eigenvalue weighted by molar-refractivity contribution is 6.33. The molecular formula is C40H54Cl3F6N11O6. The first-order chi connectivity index (χ1) is 31.1. The van der Waals surface area contributed by atoms with Crippen LogP contribution >= 0.6 is 34.8 Å². The van der Waals surface area contributed by atoms with E-state index in [1.165, 1.54) is 49.1 Å². The molecule has 17 nitrogen and oxygen atoms in total. The number of aromatic nitrogens is 6. The number of aliphatic hydroxyl groups is 1. The molecule has 66 heavy (non-hydrogen) atoms. The van der Waals surface area contributed by atoms with E-state index in [-0.39, 0.29) is 81.0 Å². The summed E-state index contributed by atoms with van der Waals surface area (Å²) in [5.41, 5.74) is 5.42. The third kappa shape index (κ3) is 19.8. The summed E-state index contributed by atoms with van der Waals surface area (Å²) in [4.78, 5) is 47.8. The van der Waals surface area contributed by atoms with E-state index in [1.807, 2.05) is 0 Å². The number of anilines is 2. The lowest BCUT2D eigenvalue weighted by molar-refractivity contribution is -0.0378. The van der Waals surface area contributed by atoms with Crippen LogP contribution in [0.15, 0.2) is 37.2 Å². The number of carbonyl (C=O) groups excluding carboxylic acids is 2. The Labute approximate surface area is 392 Å². The maximum Gasteiger partial charge on any atom is 0.409 e. The minimum atomic E-state index is -2.55. The van der Waals surface area contributed by atoms with Crippen LogP contribution in [0.4, 0.5) is 47.6 Å². The number of rotatable bonds is 6. The number of carbonyl (C=O) groups is 2. The van der Waals surface area contributed by atoms with E-state index in [4.69, 9.17) is 50.4 Å². The second kappa shape index (κ2) is 25.6. The number of amides is 2. The number of hydrogen-bond acceptors (Lipinski definition) is 15. The minimum Gasteiger partial charge on any atom is -0.470 e. The lowest BCUT2D eigenvalue weighted by atomic mass is 9.92. The van der Waals surface area contributed by atoms with Crippen molar-refractivity contribution in [1.82, 2.24) is 39.7 Å². The number of likely N-dealkylation sites (tertiary alicyclic amines) is 2. The Hall–Kier alpha value is -4.45. The Morgan fingerprint density at radius 1 is 0.621 bits per heavy atom. The van der Waals surface area contributed by atoms with Crippen molar-refractivity contribution in [2.24, 2.45) is 5.73 Å². The average Bonchev–Trinajstić information content (AvgIpc) is 3.24. The molecule has 2 amide bonds. The zero-order valence-corrected chi connectivity index (χ0v) is 38.5. The van der Waals surface area contributed by atoms with Crippen molar-refractivity contribution in [3.8, 4) is 5.88 Å². The van der Waals surface area contributed by atoms with Gasteiger partial charge in [-0.25, -0.2) is 65.8 Å². The molecule has 0 aromatic carbocycles. The van der Waals surface area contributed by atoms with Gasteiger partial charge in [-0.2, -0.15) is 0 Å². The Bertz CT molecular complexity index is 1930. The number of methoxy groups -OCH3 is 2. The van der Waals surface area contributed by atoms with E-state index in [1.54, 1.807) is 12.1 Å². The molecule has 5 fully saturated rings. The summed E-state index contributed by atoms with van der Waals surface area (Å²) in [5.74, 6) is -5.93. The molecule has 0 bridgehead atoms. The summed E-state index contributed by atoms with van der Waals surface area (Å²) < 4.78 is 91.5. The number of nitrogens with one attached hydrogen (secondary N) is 2. The van der Waals surface area contributed by atoms with Gasteiger partial charge >= 0.3 is 12.2 Å². The van der Waals surface area contributed by atoms with E-state index < -0.39 is 17.8 Å².